The molecule has 0 aliphatic rings. The van der Waals surface area contributed by atoms with Crippen molar-refractivity contribution in [1.29, 1.82) is 10.5 Å². The Morgan fingerprint density at radius 1 is 0.931 bits per heavy atom. The van der Waals surface area contributed by atoms with Crippen molar-refractivity contribution in [3.05, 3.63) is 83.3 Å². The maximum atomic E-state index is 13.4. The first kappa shape index (κ1) is 20.3. The van der Waals surface area contributed by atoms with E-state index in [1.165, 1.54) is 21.5 Å². The summed E-state index contributed by atoms with van der Waals surface area (Å²) in [6.07, 6.45) is 1.87. The van der Waals surface area contributed by atoms with Gasteiger partial charge >= 0.3 is 0 Å². The first-order chi connectivity index (χ1) is 13.8. The molecule has 5 heteroatoms. The van der Waals surface area contributed by atoms with E-state index in [0.717, 1.165) is 27.8 Å². The summed E-state index contributed by atoms with van der Waals surface area (Å²) >= 11 is 1.18. The summed E-state index contributed by atoms with van der Waals surface area (Å²) in [7, 11) is 0. The van der Waals surface area contributed by atoms with Gasteiger partial charge in [0.15, 0.2) is 5.57 Å². The summed E-state index contributed by atoms with van der Waals surface area (Å²) in [4.78, 5) is 13.4. The number of nitrogens with zero attached hydrogens (tertiary/aromatic N) is 3. The monoisotopic (exact) mass is 399 g/mol. The molecule has 0 aliphatic carbocycles. The second kappa shape index (κ2) is 7.91. The molecule has 0 N–H and O–H groups in total. The lowest BCUT2D eigenvalue weighted by molar-refractivity contribution is 0.972. The van der Waals surface area contributed by atoms with E-state index in [-0.39, 0.29) is 11.1 Å². The highest BCUT2D eigenvalue weighted by Gasteiger charge is 2.14. The predicted molar refractivity (Wildman–Crippen MR) is 117 cm³/mol. The third kappa shape index (κ3) is 3.78. The van der Waals surface area contributed by atoms with E-state index in [4.69, 9.17) is 0 Å². The molecular weight excluding hydrogens is 378 g/mol. The number of benzene rings is 2. The fourth-order valence-electron chi connectivity index (χ4n) is 3.50. The van der Waals surface area contributed by atoms with Gasteiger partial charge in [-0.05, 0) is 74.6 Å². The van der Waals surface area contributed by atoms with Crippen molar-refractivity contribution >= 4 is 23.0 Å². The van der Waals surface area contributed by atoms with Gasteiger partial charge in [-0.3, -0.25) is 9.36 Å². The van der Waals surface area contributed by atoms with Gasteiger partial charge < -0.3 is 0 Å². The van der Waals surface area contributed by atoms with Gasteiger partial charge in [0.2, 0.25) is 0 Å². The Hall–Kier alpha value is -3.41. The largest absolute Gasteiger partial charge is 0.273 e. The lowest BCUT2D eigenvalue weighted by atomic mass is 10.00. The van der Waals surface area contributed by atoms with Crippen LogP contribution in [0, 0.1) is 57.3 Å². The molecule has 1 aromatic heterocycles. The van der Waals surface area contributed by atoms with Gasteiger partial charge in [0, 0.05) is 0 Å². The molecule has 0 atom stereocenters. The molecule has 3 rings (SSSR count). The van der Waals surface area contributed by atoms with Crippen LogP contribution in [-0.2, 0) is 0 Å². The number of nitriles is 2. The van der Waals surface area contributed by atoms with Gasteiger partial charge in [-0.2, -0.15) is 10.5 Å². The smallest absolute Gasteiger partial charge is 0.267 e. The minimum absolute atomic E-state index is 0.0648. The zero-order chi connectivity index (χ0) is 21.3. The summed E-state index contributed by atoms with van der Waals surface area (Å²) in [5, 5.41) is 18.9. The fraction of sp³-hybridized carbons (Fsp3) is 0.208. The highest BCUT2D eigenvalue weighted by atomic mass is 32.1. The molecule has 2 aromatic carbocycles. The molecule has 0 aliphatic heterocycles. The highest BCUT2D eigenvalue weighted by molar-refractivity contribution is 7.07. The van der Waals surface area contributed by atoms with Crippen molar-refractivity contribution in [2.24, 2.45) is 0 Å². The van der Waals surface area contributed by atoms with Gasteiger partial charge in [0.05, 0.1) is 10.2 Å². The van der Waals surface area contributed by atoms with Crippen molar-refractivity contribution in [1.82, 2.24) is 4.57 Å². The van der Waals surface area contributed by atoms with Gasteiger partial charge in [-0.25, -0.2) is 0 Å². The average molecular weight is 400 g/mol. The molecule has 0 radical (unpaired) electrons. The summed E-state index contributed by atoms with van der Waals surface area (Å²) in [6.45, 7) is 9.95. The number of rotatable bonds is 2. The van der Waals surface area contributed by atoms with E-state index in [1.807, 2.05) is 71.0 Å². The van der Waals surface area contributed by atoms with E-state index in [0.29, 0.717) is 14.9 Å². The Balaban J connectivity index is 2.48. The third-order valence-electron chi connectivity index (χ3n) is 4.88. The molecule has 3 aromatic rings. The molecule has 0 bridgehead atoms. The van der Waals surface area contributed by atoms with Gasteiger partial charge in [-0.15, -0.1) is 11.3 Å². The van der Waals surface area contributed by atoms with Crippen LogP contribution in [0.25, 0.3) is 17.3 Å². The van der Waals surface area contributed by atoms with Gasteiger partial charge in [0.25, 0.3) is 5.56 Å². The number of hydrogen-bond acceptors (Lipinski definition) is 4. The topological polar surface area (TPSA) is 69.6 Å². The average Bonchev–Trinajstić information content (AvgIpc) is 2.97. The Morgan fingerprint density at radius 2 is 1.55 bits per heavy atom. The molecule has 1 heterocycles. The number of thiazole rings is 1. The summed E-state index contributed by atoms with van der Waals surface area (Å²) in [6, 6.07) is 13.9. The zero-order valence-electron chi connectivity index (χ0n) is 17.1. The molecule has 0 saturated carbocycles. The van der Waals surface area contributed by atoms with Crippen LogP contribution in [0.2, 0.25) is 0 Å². The second-order valence-corrected chi connectivity index (χ2v) is 8.29. The third-order valence-corrected chi connectivity index (χ3v) is 5.97. The van der Waals surface area contributed by atoms with Gasteiger partial charge in [-0.1, -0.05) is 29.8 Å². The maximum Gasteiger partial charge on any atom is 0.273 e. The Labute approximate surface area is 173 Å². The highest BCUT2D eigenvalue weighted by Crippen LogP contribution is 2.17. The first-order valence-corrected chi connectivity index (χ1v) is 10.0. The van der Waals surface area contributed by atoms with E-state index in [1.54, 1.807) is 0 Å². The van der Waals surface area contributed by atoms with Crippen molar-refractivity contribution in [3.63, 3.8) is 0 Å². The number of aromatic nitrogens is 1. The quantitative estimate of drug-likeness (QED) is 0.663. The van der Waals surface area contributed by atoms with E-state index >= 15 is 0 Å². The minimum Gasteiger partial charge on any atom is -0.267 e. The molecular formula is C24H21N3OS. The molecule has 0 amide bonds. The molecule has 4 nitrogen and oxygen atoms in total. The number of hydrogen-bond donors (Lipinski definition) is 0. The number of aryl methyl sites for hydroxylation is 5. The molecule has 0 spiro atoms. The lowest BCUT2D eigenvalue weighted by Crippen LogP contribution is -2.31. The van der Waals surface area contributed by atoms with Crippen molar-refractivity contribution < 1.29 is 0 Å². The summed E-state index contributed by atoms with van der Waals surface area (Å²) in [5.41, 5.74) is 6.64. The van der Waals surface area contributed by atoms with Gasteiger partial charge in [0.1, 0.15) is 16.8 Å². The zero-order valence-corrected chi connectivity index (χ0v) is 17.9. The van der Waals surface area contributed by atoms with Crippen LogP contribution in [0.5, 0.6) is 0 Å². The van der Waals surface area contributed by atoms with Crippen LogP contribution in [0.15, 0.2) is 35.1 Å². The van der Waals surface area contributed by atoms with Crippen LogP contribution in [0.1, 0.15) is 33.4 Å². The lowest BCUT2D eigenvalue weighted by Gasteiger charge is -2.08. The summed E-state index contributed by atoms with van der Waals surface area (Å²) in [5.74, 6) is 0. The summed E-state index contributed by atoms with van der Waals surface area (Å²) < 4.78 is 2.36. The molecule has 0 saturated heterocycles. The van der Waals surface area contributed by atoms with Crippen LogP contribution in [0.3, 0.4) is 0 Å². The molecule has 29 heavy (non-hydrogen) atoms. The molecule has 0 unspecified atom stereocenters. The predicted octanol–water partition coefficient (Wildman–Crippen LogP) is 3.47. The second-order valence-electron chi connectivity index (χ2n) is 7.26. The molecule has 0 fully saturated rings. The SMILES string of the molecule is Cc1cc(C)c(/C=c2/sc(=C(C#N)C#N)n(-c3cc(C)ccc3C)c2=O)c(C)c1. The Kier molecular flexibility index (Phi) is 5.55. The Morgan fingerprint density at radius 3 is 2.14 bits per heavy atom. The van der Waals surface area contributed by atoms with Crippen LogP contribution in [0.4, 0.5) is 0 Å². The van der Waals surface area contributed by atoms with E-state index < -0.39 is 0 Å². The Bertz CT molecular complexity index is 1350. The van der Waals surface area contributed by atoms with E-state index in [2.05, 4.69) is 12.1 Å². The normalized spacial score (nSPS) is 11.2. The maximum absolute atomic E-state index is 13.4. The van der Waals surface area contributed by atoms with E-state index in [9.17, 15) is 15.3 Å². The standard InChI is InChI=1S/C24H21N3OS/c1-14-6-7-16(3)21(10-14)27-23(28)22(29-24(27)19(12-25)13-26)11-20-17(4)8-15(2)9-18(20)5/h6-11H,1-5H3/b22-11+. The first-order valence-electron chi connectivity index (χ1n) is 9.20. The fourth-order valence-corrected chi connectivity index (χ4v) is 4.53. The van der Waals surface area contributed by atoms with Crippen LogP contribution in [-0.4, -0.2) is 4.57 Å². The minimum atomic E-state index is -0.221. The van der Waals surface area contributed by atoms with Crippen LogP contribution >= 0.6 is 11.3 Å². The van der Waals surface area contributed by atoms with Crippen molar-refractivity contribution in [2.75, 3.05) is 0 Å². The van der Waals surface area contributed by atoms with Crippen molar-refractivity contribution in [2.45, 2.75) is 34.6 Å². The van der Waals surface area contributed by atoms with Crippen LogP contribution < -0.4 is 14.8 Å². The van der Waals surface area contributed by atoms with Crippen molar-refractivity contribution in [3.8, 4) is 17.8 Å². The molecule has 144 valence electrons.